The fourth-order valence-corrected chi connectivity index (χ4v) is 3.24. The van der Waals surface area contributed by atoms with Gasteiger partial charge in [-0.25, -0.2) is 0 Å². The molecular weight excluding hydrogens is 200 g/mol. The highest BCUT2D eigenvalue weighted by molar-refractivity contribution is 5.92. The summed E-state index contributed by atoms with van der Waals surface area (Å²) in [7, 11) is 0. The highest BCUT2D eigenvalue weighted by atomic mass is 16.1. The van der Waals surface area contributed by atoms with Gasteiger partial charge in [0.15, 0.2) is 0 Å². The summed E-state index contributed by atoms with van der Waals surface area (Å²) in [5, 5.41) is 2.97. The van der Waals surface area contributed by atoms with Crippen LogP contribution in [0.2, 0.25) is 0 Å². The lowest BCUT2D eigenvalue weighted by Gasteiger charge is -2.20. The van der Waals surface area contributed by atoms with E-state index in [1.54, 1.807) is 12.4 Å². The standard InChI is InChI=1S/C13H16N2O/c16-13(15-11-2-1-5-14-8-11)12-7-9-3-4-10(12)6-9/h1-2,5,8-10,12H,3-4,6-7H2,(H,15,16)/t9-,10-,12-/m0/s1. The predicted molar refractivity (Wildman–Crippen MR) is 61.8 cm³/mol. The second kappa shape index (κ2) is 3.89. The number of fused-ring (bicyclic) bond motifs is 2. The molecule has 2 saturated carbocycles. The topological polar surface area (TPSA) is 42.0 Å². The maximum atomic E-state index is 12.1. The number of carbonyl (C=O) groups is 1. The average molecular weight is 216 g/mol. The maximum Gasteiger partial charge on any atom is 0.227 e. The number of hydrogen-bond donors (Lipinski definition) is 1. The predicted octanol–water partition coefficient (Wildman–Crippen LogP) is 2.46. The molecule has 2 aliphatic carbocycles. The zero-order valence-corrected chi connectivity index (χ0v) is 9.23. The van der Waals surface area contributed by atoms with Crippen LogP contribution >= 0.6 is 0 Å². The van der Waals surface area contributed by atoms with E-state index in [0.717, 1.165) is 18.0 Å². The SMILES string of the molecule is O=C(Nc1cccnc1)[C@H]1C[C@H]2CC[C@H]1C2. The number of amides is 1. The number of rotatable bonds is 2. The Morgan fingerprint density at radius 1 is 1.38 bits per heavy atom. The summed E-state index contributed by atoms with van der Waals surface area (Å²) in [6.07, 6.45) is 8.36. The maximum absolute atomic E-state index is 12.1. The van der Waals surface area contributed by atoms with Crippen molar-refractivity contribution in [2.24, 2.45) is 17.8 Å². The molecule has 1 N–H and O–H groups in total. The summed E-state index contributed by atoms with van der Waals surface area (Å²) in [4.78, 5) is 16.1. The number of carbonyl (C=O) groups excluding carboxylic acids is 1. The van der Waals surface area contributed by atoms with Crippen molar-refractivity contribution in [2.75, 3.05) is 5.32 Å². The molecule has 3 nitrogen and oxygen atoms in total. The van der Waals surface area contributed by atoms with Crippen molar-refractivity contribution in [3.05, 3.63) is 24.5 Å². The Balaban J connectivity index is 1.66. The summed E-state index contributed by atoms with van der Waals surface area (Å²) in [6, 6.07) is 3.73. The van der Waals surface area contributed by atoms with Crippen LogP contribution in [0.4, 0.5) is 5.69 Å². The van der Waals surface area contributed by atoms with Crippen LogP contribution in [0, 0.1) is 17.8 Å². The number of anilines is 1. The van der Waals surface area contributed by atoms with Crippen molar-refractivity contribution in [3.63, 3.8) is 0 Å². The minimum Gasteiger partial charge on any atom is -0.324 e. The van der Waals surface area contributed by atoms with Crippen LogP contribution in [0.5, 0.6) is 0 Å². The largest absolute Gasteiger partial charge is 0.324 e. The average Bonchev–Trinajstić information content (AvgIpc) is 2.92. The molecule has 3 rings (SSSR count). The van der Waals surface area contributed by atoms with Gasteiger partial charge in [0, 0.05) is 12.1 Å². The minimum absolute atomic E-state index is 0.195. The number of hydrogen-bond acceptors (Lipinski definition) is 2. The second-order valence-corrected chi connectivity index (χ2v) is 5.01. The Morgan fingerprint density at radius 2 is 2.31 bits per heavy atom. The molecule has 0 spiro atoms. The van der Waals surface area contributed by atoms with Gasteiger partial charge in [0.25, 0.3) is 0 Å². The van der Waals surface area contributed by atoms with E-state index in [1.165, 1.54) is 19.3 Å². The molecule has 1 heterocycles. The smallest absolute Gasteiger partial charge is 0.227 e. The van der Waals surface area contributed by atoms with Gasteiger partial charge in [-0.3, -0.25) is 9.78 Å². The third-order valence-corrected chi connectivity index (χ3v) is 4.00. The van der Waals surface area contributed by atoms with Crippen LogP contribution in [0.1, 0.15) is 25.7 Å². The molecule has 0 saturated heterocycles. The Morgan fingerprint density at radius 3 is 2.94 bits per heavy atom. The summed E-state index contributed by atoms with van der Waals surface area (Å²) in [5.74, 6) is 1.90. The lowest BCUT2D eigenvalue weighted by atomic mass is 9.88. The Labute approximate surface area is 95.3 Å². The first-order chi connectivity index (χ1) is 7.83. The molecule has 1 amide bonds. The van der Waals surface area contributed by atoms with E-state index in [4.69, 9.17) is 0 Å². The third-order valence-electron chi connectivity index (χ3n) is 4.00. The van der Waals surface area contributed by atoms with Crippen molar-refractivity contribution in [2.45, 2.75) is 25.7 Å². The summed E-state index contributed by atoms with van der Waals surface area (Å²) in [6.45, 7) is 0. The second-order valence-electron chi connectivity index (χ2n) is 5.01. The molecule has 3 heteroatoms. The first-order valence-corrected chi connectivity index (χ1v) is 6.04. The molecular formula is C13H16N2O. The van der Waals surface area contributed by atoms with Crippen molar-refractivity contribution in [3.8, 4) is 0 Å². The van der Waals surface area contributed by atoms with E-state index in [1.807, 2.05) is 12.1 Å². The first kappa shape index (κ1) is 9.82. The van der Waals surface area contributed by atoms with Crippen LogP contribution in [-0.4, -0.2) is 10.9 Å². The van der Waals surface area contributed by atoms with Gasteiger partial charge in [-0.05, 0) is 43.2 Å². The molecule has 0 radical (unpaired) electrons. The third kappa shape index (κ3) is 1.70. The quantitative estimate of drug-likeness (QED) is 0.825. The van der Waals surface area contributed by atoms with Crippen LogP contribution in [-0.2, 0) is 4.79 Å². The lowest BCUT2D eigenvalue weighted by molar-refractivity contribution is -0.121. The molecule has 0 aromatic carbocycles. The molecule has 3 atom stereocenters. The fourth-order valence-electron chi connectivity index (χ4n) is 3.24. The van der Waals surface area contributed by atoms with Crippen LogP contribution < -0.4 is 5.32 Å². The number of nitrogens with one attached hydrogen (secondary N) is 1. The van der Waals surface area contributed by atoms with E-state index in [0.29, 0.717) is 5.92 Å². The molecule has 0 aliphatic heterocycles. The van der Waals surface area contributed by atoms with Gasteiger partial charge in [-0.2, -0.15) is 0 Å². The number of pyridine rings is 1. The summed E-state index contributed by atoms with van der Waals surface area (Å²) >= 11 is 0. The van der Waals surface area contributed by atoms with Gasteiger partial charge < -0.3 is 5.32 Å². The molecule has 2 fully saturated rings. The van der Waals surface area contributed by atoms with Gasteiger partial charge in [0.1, 0.15) is 0 Å². The van der Waals surface area contributed by atoms with Crippen LogP contribution in [0.3, 0.4) is 0 Å². The van der Waals surface area contributed by atoms with E-state index in [-0.39, 0.29) is 11.8 Å². The first-order valence-electron chi connectivity index (χ1n) is 6.04. The van der Waals surface area contributed by atoms with Crippen molar-refractivity contribution >= 4 is 11.6 Å². The van der Waals surface area contributed by atoms with Crippen molar-refractivity contribution in [1.82, 2.24) is 4.98 Å². The normalized spacial score (nSPS) is 31.6. The lowest BCUT2D eigenvalue weighted by Crippen LogP contribution is -2.27. The Bertz CT molecular complexity index is 390. The zero-order chi connectivity index (χ0) is 11.0. The number of nitrogens with zero attached hydrogens (tertiary/aromatic N) is 1. The molecule has 0 unspecified atom stereocenters. The molecule has 84 valence electrons. The molecule has 2 bridgehead atoms. The van der Waals surface area contributed by atoms with Gasteiger partial charge in [0.05, 0.1) is 11.9 Å². The van der Waals surface area contributed by atoms with Gasteiger partial charge >= 0.3 is 0 Å². The minimum atomic E-state index is 0.195. The highest BCUT2D eigenvalue weighted by Gasteiger charge is 2.42. The van der Waals surface area contributed by atoms with Crippen LogP contribution in [0.25, 0.3) is 0 Å². The van der Waals surface area contributed by atoms with E-state index < -0.39 is 0 Å². The van der Waals surface area contributed by atoms with Gasteiger partial charge in [0.2, 0.25) is 5.91 Å². The monoisotopic (exact) mass is 216 g/mol. The molecule has 1 aromatic heterocycles. The van der Waals surface area contributed by atoms with E-state index in [2.05, 4.69) is 10.3 Å². The Hall–Kier alpha value is -1.38. The summed E-state index contributed by atoms with van der Waals surface area (Å²) in [5.41, 5.74) is 0.815. The van der Waals surface area contributed by atoms with Crippen molar-refractivity contribution < 1.29 is 4.79 Å². The van der Waals surface area contributed by atoms with Crippen molar-refractivity contribution in [1.29, 1.82) is 0 Å². The molecule has 16 heavy (non-hydrogen) atoms. The van der Waals surface area contributed by atoms with Crippen LogP contribution in [0.15, 0.2) is 24.5 Å². The van der Waals surface area contributed by atoms with Gasteiger partial charge in [-0.1, -0.05) is 6.42 Å². The number of aromatic nitrogens is 1. The Kier molecular flexibility index (Phi) is 2.39. The fraction of sp³-hybridized carbons (Fsp3) is 0.538. The van der Waals surface area contributed by atoms with E-state index in [9.17, 15) is 4.79 Å². The summed E-state index contributed by atoms with van der Waals surface area (Å²) < 4.78 is 0. The molecule has 1 aromatic rings. The molecule has 2 aliphatic rings. The van der Waals surface area contributed by atoms with Gasteiger partial charge in [-0.15, -0.1) is 0 Å². The zero-order valence-electron chi connectivity index (χ0n) is 9.23. The van der Waals surface area contributed by atoms with E-state index >= 15 is 0 Å². The highest BCUT2D eigenvalue weighted by Crippen LogP contribution is 2.48.